The van der Waals surface area contributed by atoms with Crippen molar-refractivity contribution in [1.29, 1.82) is 0 Å². The molecule has 0 aromatic carbocycles. The SMILES string of the molecule is CC(C)c1cc(CCC2(N)CC2)nn1C. The van der Waals surface area contributed by atoms with Gasteiger partial charge >= 0.3 is 0 Å². The fourth-order valence-electron chi connectivity index (χ4n) is 1.99. The van der Waals surface area contributed by atoms with Crippen molar-refractivity contribution in [3.05, 3.63) is 17.5 Å². The lowest BCUT2D eigenvalue weighted by Gasteiger charge is -2.05. The largest absolute Gasteiger partial charge is 0.325 e. The molecule has 2 rings (SSSR count). The van der Waals surface area contributed by atoms with Crippen LogP contribution in [0.4, 0.5) is 0 Å². The van der Waals surface area contributed by atoms with Crippen LogP contribution in [0.25, 0.3) is 0 Å². The summed E-state index contributed by atoms with van der Waals surface area (Å²) in [5, 5.41) is 4.52. The van der Waals surface area contributed by atoms with Crippen molar-refractivity contribution >= 4 is 0 Å². The van der Waals surface area contributed by atoms with E-state index in [4.69, 9.17) is 5.73 Å². The third kappa shape index (κ3) is 2.40. The van der Waals surface area contributed by atoms with Gasteiger partial charge in [-0.15, -0.1) is 0 Å². The Labute approximate surface area is 91.7 Å². The van der Waals surface area contributed by atoms with Crippen LogP contribution in [0.15, 0.2) is 6.07 Å². The van der Waals surface area contributed by atoms with Gasteiger partial charge in [0.2, 0.25) is 0 Å². The number of rotatable bonds is 4. The summed E-state index contributed by atoms with van der Waals surface area (Å²) in [7, 11) is 2.02. The first-order chi connectivity index (χ1) is 7.00. The van der Waals surface area contributed by atoms with E-state index in [1.165, 1.54) is 24.2 Å². The van der Waals surface area contributed by atoms with E-state index in [0.717, 1.165) is 12.8 Å². The van der Waals surface area contributed by atoms with Crippen molar-refractivity contribution in [3.63, 3.8) is 0 Å². The zero-order chi connectivity index (χ0) is 11.1. The number of aromatic nitrogens is 2. The highest BCUT2D eigenvalue weighted by Crippen LogP contribution is 2.36. The minimum absolute atomic E-state index is 0.148. The van der Waals surface area contributed by atoms with E-state index in [0.29, 0.717) is 5.92 Å². The molecular formula is C12H21N3. The summed E-state index contributed by atoms with van der Waals surface area (Å²) >= 11 is 0. The molecule has 0 amide bonds. The Morgan fingerprint density at radius 2 is 2.20 bits per heavy atom. The topological polar surface area (TPSA) is 43.8 Å². The second-order valence-corrected chi connectivity index (χ2v) is 5.20. The Kier molecular flexibility index (Phi) is 2.59. The molecule has 0 radical (unpaired) electrons. The molecule has 1 fully saturated rings. The van der Waals surface area contributed by atoms with Crippen LogP contribution in [-0.4, -0.2) is 15.3 Å². The Balaban J connectivity index is 1.99. The highest BCUT2D eigenvalue weighted by molar-refractivity contribution is 5.14. The standard InChI is InChI=1S/C12H21N3/c1-9(2)11-8-10(14-15(11)3)4-5-12(13)6-7-12/h8-9H,4-7,13H2,1-3H3. The van der Waals surface area contributed by atoms with Crippen LogP contribution in [0.1, 0.15) is 50.4 Å². The average molecular weight is 207 g/mol. The molecule has 0 atom stereocenters. The first-order valence-corrected chi connectivity index (χ1v) is 5.82. The normalized spacial score (nSPS) is 18.5. The summed E-state index contributed by atoms with van der Waals surface area (Å²) in [6.45, 7) is 4.40. The van der Waals surface area contributed by atoms with Crippen LogP contribution < -0.4 is 5.73 Å². The van der Waals surface area contributed by atoms with Gasteiger partial charge in [-0.2, -0.15) is 5.10 Å². The van der Waals surface area contributed by atoms with Gasteiger partial charge in [0.1, 0.15) is 0 Å². The van der Waals surface area contributed by atoms with Gasteiger partial charge in [0, 0.05) is 18.3 Å². The minimum atomic E-state index is 0.148. The van der Waals surface area contributed by atoms with E-state index in [-0.39, 0.29) is 5.54 Å². The van der Waals surface area contributed by atoms with Crippen molar-refractivity contribution in [1.82, 2.24) is 9.78 Å². The van der Waals surface area contributed by atoms with E-state index in [1.807, 2.05) is 11.7 Å². The zero-order valence-corrected chi connectivity index (χ0v) is 9.95. The van der Waals surface area contributed by atoms with Gasteiger partial charge in [0.05, 0.1) is 5.69 Å². The fraction of sp³-hybridized carbons (Fsp3) is 0.750. The Hall–Kier alpha value is -0.830. The van der Waals surface area contributed by atoms with Gasteiger partial charge in [0.25, 0.3) is 0 Å². The Morgan fingerprint density at radius 3 is 2.67 bits per heavy atom. The number of nitrogens with two attached hydrogens (primary N) is 1. The predicted octanol–water partition coefficient (Wildman–Crippen LogP) is 1.97. The van der Waals surface area contributed by atoms with E-state index in [2.05, 4.69) is 25.0 Å². The van der Waals surface area contributed by atoms with E-state index in [9.17, 15) is 0 Å². The van der Waals surface area contributed by atoms with Crippen LogP contribution in [0.3, 0.4) is 0 Å². The Bertz CT molecular complexity index is 348. The molecule has 1 aliphatic carbocycles. The second-order valence-electron chi connectivity index (χ2n) is 5.20. The van der Waals surface area contributed by atoms with Crippen molar-refractivity contribution in [3.8, 4) is 0 Å². The molecule has 84 valence electrons. The number of aryl methyl sites for hydroxylation is 2. The fourth-order valence-corrected chi connectivity index (χ4v) is 1.99. The highest BCUT2D eigenvalue weighted by atomic mass is 15.3. The van der Waals surface area contributed by atoms with E-state index < -0.39 is 0 Å². The van der Waals surface area contributed by atoms with Gasteiger partial charge in [0.15, 0.2) is 0 Å². The van der Waals surface area contributed by atoms with Gasteiger partial charge < -0.3 is 5.73 Å². The molecule has 0 bridgehead atoms. The van der Waals surface area contributed by atoms with E-state index in [1.54, 1.807) is 0 Å². The zero-order valence-electron chi connectivity index (χ0n) is 9.95. The summed E-state index contributed by atoms with van der Waals surface area (Å²) in [6.07, 6.45) is 4.49. The molecule has 0 spiro atoms. The molecule has 2 N–H and O–H groups in total. The highest BCUT2D eigenvalue weighted by Gasteiger charge is 2.37. The van der Waals surface area contributed by atoms with Crippen LogP contribution in [0.2, 0.25) is 0 Å². The summed E-state index contributed by atoms with van der Waals surface area (Å²) < 4.78 is 2.00. The quantitative estimate of drug-likeness (QED) is 0.820. The lowest BCUT2D eigenvalue weighted by atomic mass is 10.1. The number of nitrogens with zero attached hydrogens (tertiary/aromatic N) is 2. The van der Waals surface area contributed by atoms with Crippen molar-refractivity contribution in [2.24, 2.45) is 12.8 Å². The van der Waals surface area contributed by atoms with Crippen LogP contribution in [0.5, 0.6) is 0 Å². The molecule has 1 aromatic rings. The lowest BCUT2D eigenvalue weighted by Crippen LogP contribution is -2.22. The smallest absolute Gasteiger partial charge is 0.0628 e. The first kappa shape index (κ1) is 10.7. The molecule has 1 heterocycles. The molecule has 15 heavy (non-hydrogen) atoms. The monoisotopic (exact) mass is 207 g/mol. The van der Waals surface area contributed by atoms with Crippen molar-refractivity contribution in [2.75, 3.05) is 0 Å². The molecule has 1 aliphatic rings. The molecule has 1 aromatic heterocycles. The molecule has 0 aliphatic heterocycles. The minimum Gasteiger partial charge on any atom is -0.325 e. The van der Waals surface area contributed by atoms with Crippen LogP contribution >= 0.6 is 0 Å². The number of hydrogen-bond donors (Lipinski definition) is 1. The summed E-state index contributed by atoms with van der Waals surface area (Å²) in [5.74, 6) is 0.545. The second kappa shape index (κ2) is 3.63. The summed E-state index contributed by atoms with van der Waals surface area (Å²) in [6, 6.07) is 2.22. The van der Waals surface area contributed by atoms with Crippen LogP contribution in [-0.2, 0) is 13.5 Å². The predicted molar refractivity (Wildman–Crippen MR) is 61.8 cm³/mol. The summed E-state index contributed by atoms with van der Waals surface area (Å²) in [5.41, 5.74) is 8.72. The lowest BCUT2D eigenvalue weighted by molar-refractivity contribution is 0.594. The molecule has 1 saturated carbocycles. The van der Waals surface area contributed by atoms with Gasteiger partial charge in [-0.3, -0.25) is 4.68 Å². The van der Waals surface area contributed by atoms with Crippen molar-refractivity contribution in [2.45, 2.75) is 51.0 Å². The maximum Gasteiger partial charge on any atom is 0.0628 e. The maximum absolute atomic E-state index is 6.06. The van der Waals surface area contributed by atoms with Gasteiger partial charge in [-0.25, -0.2) is 0 Å². The van der Waals surface area contributed by atoms with E-state index >= 15 is 0 Å². The Morgan fingerprint density at radius 1 is 1.53 bits per heavy atom. The van der Waals surface area contributed by atoms with Gasteiger partial charge in [-0.1, -0.05) is 13.8 Å². The average Bonchev–Trinajstić information content (AvgIpc) is 2.75. The molecule has 3 heteroatoms. The first-order valence-electron chi connectivity index (χ1n) is 5.82. The van der Waals surface area contributed by atoms with Crippen molar-refractivity contribution < 1.29 is 0 Å². The molecule has 0 unspecified atom stereocenters. The summed E-state index contributed by atoms with van der Waals surface area (Å²) in [4.78, 5) is 0. The molecule has 0 saturated heterocycles. The van der Waals surface area contributed by atoms with Gasteiger partial charge in [-0.05, 0) is 37.7 Å². The van der Waals surface area contributed by atoms with Crippen LogP contribution in [0, 0.1) is 0 Å². The molecular weight excluding hydrogens is 186 g/mol. The third-order valence-corrected chi connectivity index (χ3v) is 3.33. The maximum atomic E-state index is 6.06. The number of hydrogen-bond acceptors (Lipinski definition) is 2. The molecule has 3 nitrogen and oxygen atoms in total. The third-order valence-electron chi connectivity index (χ3n) is 3.33.